The molecule has 136 valence electrons. The van der Waals surface area contributed by atoms with Crippen molar-refractivity contribution in [2.24, 2.45) is 10.8 Å². The van der Waals surface area contributed by atoms with Crippen molar-refractivity contribution < 1.29 is 9.53 Å². The van der Waals surface area contributed by atoms with Crippen LogP contribution in [-0.2, 0) is 9.53 Å². The third-order valence-corrected chi connectivity index (χ3v) is 8.41. The number of benzene rings is 1. The first-order valence-corrected chi connectivity index (χ1v) is 11.4. The number of unbranched alkanes of at least 4 members (excludes halogenated alkanes) is 1. The van der Waals surface area contributed by atoms with Crippen LogP contribution in [0.3, 0.4) is 0 Å². The van der Waals surface area contributed by atoms with Gasteiger partial charge >= 0.3 is 159 Å². The van der Waals surface area contributed by atoms with Gasteiger partial charge in [0.2, 0.25) is 0 Å². The third-order valence-electron chi connectivity index (χ3n) is 5.50. The molecule has 0 saturated heterocycles. The Morgan fingerprint density at radius 1 is 1.20 bits per heavy atom. The third kappa shape index (κ3) is 4.69. The van der Waals surface area contributed by atoms with Crippen molar-refractivity contribution in [3.63, 3.8) is 0 Å². The van der Waals surface area contributed by atoms with Crippen molar-refractivity contribution in [1.82, 2.24) is 0 Å². The Balaban J connectivity index is 2.25. The van der Waals surface area contributed by atoms with Gasteiger partial charge in [0, 0.05) is 0 Å². The summed E-state index contributed by atoms with van der Waals surface area (Å²) < 4.78 is 6.70. The standard InChI is InChI=1S/C22H30O2Se/c1-4-5-6-10-16-22(20(23)24-3)17-12-11-15-21(22,2)18-25-19-13-8-7-9-14-19/h7-9,13-14H,4-5,11-12,15-18H2,1-3H3/t21-,22+/m0/s1. The molecular formula is C22H30O2Se. The van der Waals surface area contributed by atoms with Crippen LogP contribution in [0.5, 0.6) is 0 Å². The van der Waals surface area contributed by atoms with Crippen LogP contribution in [0, 0.1) is 22.7 Å². The minimum atomic E-state index is -0.447. The van der Waals surface area contributed by atoms with Gasteiger partial charge in [-0.15, -0.1) is 0 Å². The summed E-state index contributed by atoms with van der Waals surface area (Å²) in [7, 11) is 1.53. The van der Waals surface area contributed by atoms with E-state index in [1.54, 1.807) is 0 Å². The van der Waals surface area contributed by atoms with Gasteiger partial charge < -0.3 is 0 Å². The maximum absolute atomic E-state index is 12.9. The van der Waals surface area contributed by atoms with E-state index in [4.69, 9.17) is 4.74 Å². The number of rotatable bonds is 6. The van der Waals surface area contributed by atoms with E-state index in [2.05, 4.69) is 56.0 Å². The second kappa shape index (κ2) is 9.46. The second-order valence-electron chi connectivity index (χ2n) is 7.22. The van der Waals surface area contributed by atoms with Crippen LogP contribution in [0.15, 0.2) is 30.3 Å². The Labute approximate surface area is 159 Å². The fourth-order valence-electron chi connectivity index (χ4n) is 3.80. The summed E-state index contributed by atoms with van der Waals surface area (Å²) in [4.78, 5) is 12.9. The number of carbonyl (C=O) groups excluding carboxylic acids is 1. The molecule has 0 amide bonds. The Kier molecular flexibility index (Phi) is 7.60. The number of hydrogen-bond acceptors (Lipinski definition) is 2. The molecule has 0 N–H and O–H groups in total. The SMILES string of the molecule is CCCC#CC[C@]1(C(=O)OC)CCCC[C@@]1(C)C[Se]c1ccccc1. The van der Waals surface area contributed by atoms with Crippen molar-refractivity contribution in [3.05, 3.63) is 30.3 Å². The Morgan fingerprint density at radius 2 is 1.92 bits per heavy atom. The average molecular weight is 405 g/mol. The number of hydrogen-bond donors (Lipinski definition) is 0. The van der Waals surface area contributed by atoms with Gasteiger partial charge in [-0.25, -0.2) is 0 Å². The Bertz CT molecular complexity index is 616. The first kappa shape index (κ1) is 20.1. The summed E-state index contributed by atoms with van der Waals surface area (Å²) in [5.41, 5.74) is -0.480. The summed E-state index contributed by atoms with van der Waals surface area (Å²) >= 11 is 0.365. The van der Waals surface area contributed by atoms with Crippen LogP contribution < -0.4 is 4.46 Å². The molecule has 0 aromatic heterocycles. The van der Waals surface area contributed by atoms with Gasteiger partial charge in [0.25, 0.3) is 0 Å². The molecule has 2 atom stereocenters. The zero-order valence-electron chi connectivity index (χ0n) is 15.8. The van der Waals surface area contributed by atoms with Gasteiger partial charge in [-0.1, -0.05) is 0 Å². The zero-order valence-corrected chi connectivity index (χ0v) is 17.5. The number of methoxy groups -OCH3 is 1. The van der Waals surface area contributed by atoms with E-state index < -0.39 is 5.41 Å². The monoisotopic (exact) mass is 406 g/mol. The summed E-state index contributed by atoms with van der Waals surface area (Å²) in [6, 6.07) is 10.7. The van der Waals surface area contributed by atoms with Gasteiger partial charge in [-0.05, 0) is 0 Å². The van der Waals surface area contributed by atoms with Crippen LogP contribution in [0.1, 0.15) is 58.8 Å². The summed E-state index contributed by atoms with van der Waals surface area (Å²) in [5, 5.41) is 1.06. The topological polar surface area (TPSA) is 26.3 Å². The first-order valence-electron chi connectivity index (χ1n) is 9.30. The summed E-state index contributed by atoms with van der Waals surface area (Å²) in [5.74, 6) is 6.52. The van der Waals surface area contributed by atoms with Gasteiger partial charge in [0.15, 0.2) is 0 Å². The molecule has 1 aromatic carbocycles. The molecule has 0 bridgehead atoms. The number of ether oxygens (including phenoxy) is 1. The molecule has 0 spiro atoms. The molecule has 0 aliphatic heterocycles. The van der Waals surface area contributed by atoms with Crippen LogP contribution in [0.25, 0.3) is 0 Å². The van der Waals surface area contributed by atoms with Crippen LogP contribution in [-0.4, -0.2) is 28.0 Å². The molecule has 2 nitrogen and oxygen atoms in total. The van der Waals surface area contributed by atoms with E-state index in [1.807, 2.05) is 0 Å². The first-order chi connectivity index (χ1) is 12.1. The van der Waals surface area contributed by atoms with E-state index in [0.29, 0.717) is 21.4 Å². The predicted octanol–water partition coefficient (Wildman–Crippen LogP) is 4.37. The molecule has 1 aromatic rings. The Morgan fingerprint density at radius 3 is 2.60 bits per heavy atom. The van der Waals surface area contributed by atoms with E-state index in [0.717, 1.165) is 37.4 Å². The zero-order chi connectivity index (χ0) is 18.2. The van der Waals surface area contributed by atoms with Crippen LogP contribution in [0.2, 0.25) is 5.32 Å². The van der Waals surface area contributed by atoms with Crippen molar-refractivity contribution in [2.75, 3.05) is 7.11 Å². The molecule has 1 saturated carbocycles. The van der Waals surface area contributed by atoms with Gasteiger partial charge in [0.05, 0.1) is 0 Å². The van der Waals surface area contributed by atoms with Crippen molar-refractivity contribution >= 4 is 25.4 Å². The molecular weight excluding hydrogens is 375 g/mol. The molecule has 0 heterocycles. The number of esters is 1. The minimum absolute atomic E-state index is 0.0327. The molecule has 1 aliphatic carbocycles. The molecule has 0 unspecified atom stereocenters. The normalized spacial score (nSPS) is 25.7. The molecule has 1 aliphatic rings. The summed E-state index contributed by atoms with van der Waals surface area (Å²) in [6.45, 7) is 4.44. The maximum atomic E-state index is 12.9. The van der Waals surface area contributed by atoms with Gasteiger partial charge in [0.1, 0.15) is 0 Å². The van der Waals surface area contributed by atoms with E-state index in [1.165, 1.54) is 18.0 Å². The van der Waals surface area contributed by atoms with Crippen LogP contribution in [0.4, 0.5) is 0 Å². The molecule has 3 heteroatoms. The fraction of sp³-hybridized carbons (Fsp3) is 0.591. The van der Waals surface area contributed by atoms with E-state index in [9.17, 15) is 4.79 Å². The molecule has 2 rings (SSSR count). The fourth-order valence-corrected chi connectivity index (χ4v) is 6.43. The van der Waals surface area contributed by atoms with Crippen molar-refractivity contribution in [2.45, 2.75) is 64.1 Å². The van der Waals surface area contributed by atoms with Gasteiger partial charge in [-0.3, -0.25) is 0 Å². The van der Waals surface area contributed by atoms with Gasteiger partial charge in [-0.2, -0.15) is 0 Å². The van der Waals surface area contributed by atoms with Crippen LogP contribution >= 0.6 is 0 Å². The molecule has 0 radical (unpaired) electrons. The molecule has 25 heavy (non-hydrogen) atoms. The van der Waals surface area contributed by atoms with E-state index in [-0.39, 0.29) is 11.4 Å². The number of carbonyl (C=O) groups is 1. The average Bonchev–Trinajstić information content (AvgIpc) is 2.65. The summed E-state index contributed by atoms with van der Waals surface area (Å²) in [6.07, 6.45) is 6.89. The second-order valence-corrected chi connectivity index (χ2v) is 9.42. The van der Waals surface area contributed by atoms with E-state index >= 15 is 0 Å². The molecule has 1 fully saturated rings. The predicted molar refractivity (Wildman–Crippen MR) is 105 cm³/mol. The quantitative estimate of drug-likeness (QED) is 0.399. The van der Waals surface area contributed by atoms with Crippen molar-refractivity contribution in [1.29, 1.82) is 0 Å². The van der Waals surface area contributed by atoms with Crippen molar-refractivity contribution in [3.8, 4) is 11.8 Å². The Hall–Kier alpha value is -1.23.